The van der Waals surface area contributed by atoms with Crippen LogP contribution in [0, 0.1) is 0 Å². The minimum Gasteiger partial charge on any atom is -0.332 e. The Morgan fingerprint density at radius 1 is 0.943 bits per heavy atom. The smallest absolute Gasteiger partial charge is 0.332 e. The fourth-order valence-electron chi connectivity index (χ4n) is 4.32. The second kappa shape index (κ2) is 10.5. The van der Waals surface area contributed by atoms with Crippen molar-refractivity contribution in [2.75, 3.05) is 13.1 Å². The molecule has 1 heterocycles. The Bertz CT molecular complexity index is 1200. The Kier molecular flexibility index (Phi) is 7.45. The van der Waals surface area contributed by atoms with Gasteiger partial charge in [0.1, 0.15) is 6.54 Å². The van der Waals surface area contributed by atoms with E-state index in [4.69, 9.17) is 11.6 Å². The Hall–Kier alpha value is -3.32. The molecule has 182 valence electrons. The molecule has 3 aromatic carbocycles. The zero-order valence-corrected chi connectivity index (χ0v) is 19.6. The molecule has 4 nitrogen and oxygen atoms in total. The molecule has 4 rings (SSSR count). The number of carbonyl (C=O) groups excluding carboxylic acids is 2. The lowest BCUT2D eigenvalue weighted by Crippen LogP contribution is -2.57. The lowest BCUT2D eigenvalue weighted by molar-refractivity contribution is -0.139. The molecule has 0 saturated carbocycles. The molecule has 1 aliphatic rings. The summed E-state index contributed by atoms with van der Waals surface area (Å²) < 4.78 is 39.6. The van der Waals surface area contributed by atoms with Crippen molar-refractivity contribution in [3.8, 4) is 0 Å². The van der Waals surface area contributed by atoms with Crippen LogP contribution in [0.1, 0.15) is 33.5 Å². The van der Waals surface area contributed by atoms with Crippen molar-refractivity contribution >= 4 is 23.4 Å². The highest BCUT2D eigenvalue weighted by molar-refractivity contribution is 6.31. The van der Waals surface area contributed by atoms with Gasteiger partial charge in [0.05, 0.1) is 11.6 Å². The van der Waals surface area contributed by atoms with Crippen molar-refractivity contribution < 1.29 is 22.8 Å². The van der Waals surface area contributed by atoms with E-state index < -0.39 is 11.7 Å². The Balaban J connectivity index is 1.57. The first-order chi connectivity index (χ1) is 16.7. The van der Waals surface area contributed by atoms with Gasteiger partial charge in [-0.3, -0.25) is 9.59 Å². The summed E-state index contributed by atoms with van der Waals surface area (Å²) in [5.41, 5.74) is 1.11. The summed E-state index contributed by atoms with van der Waals surface area (Å²) in [5.74, 6) is -0.605. The van der Waals surface area contributed by atoms with Gasteiger partial charge in [-0.05, 0) is 54.3 Å². The van der Waals surface area contributed by atoms with Crippen LogP contribution in [0.5, 0.6) is 0 Å². The van der Waals surface area contributed by atoms with Crippen molar-refractivity contribution in [3.05, 3.63) is 106 Å². The highest BCUT2D eigenvalue weighted by atomic mass is 35.5. The first-order valence-corrected chi connectivity index (χ1v) is 11.6. The van der Waals surface area contributed by atoms with Gasteiger partial charge in [-0.2, -0.15) is 13.2 Å². The number of nitrogens with zero attached hydrogens (tertiary/aromatic N) is 2. The van der Waals surface area contributed by atoms with Crippen LogP contribution >= 0.6 is 11.6 Å². The second-order valence-electron chi connectivity index (χ2n) is 8.59. The molecule has 0 spiro atoms. The quantitative estimate of drug-likeness (QED) is 0.426. The van der Waals surface area contributed by atoms with Gasteiger partial charge in [0.25, 0.3) is 5.91 Å². The zero-order chi connectivity index (χ0) is 25.0. The van der Waals surface area contributed by atoms with Crippen LogP contribution in [-0.2, 0) is 23.9 Å². The van der Waals surface area contributed by atoms with E-state index in [-0.39, 0.29) is 37.5 Å². The summed E-state index contributed by atoms with van der Waals surface area (Å²) in [4.78, 5) is 29.4. The first-order valence-electron chi connectivity index (χ1n) is 11.2. The molecule has 2 amide bonds. The average Bonchev–Trinajstić information content (AvgIpc) is 2.84. The molecule has 1 aliphatic heterocycles. The Labute approximate surface area is 206 Å². The van der Waals surface area contributed by atoms with E-state index in [0.717, 1.165) is 17.7 Å². The minimum absolute atomic E-state index is 0.0431. The third-order valence-corrected chi connectivity index (χ3v) is 6.33. The van der Waals surface area contributed by atoms with E-state index >= 15 is 0 Å². The average molecular weight is 501 g/mol. The largest absolute Gasteiger partial charge is 0.416 e. The number of carbonyl (C=O) groups is 2. The van der Waals surface area contributed by atoms with Gasteiger partial charge in [-0.25, -0.2) is 0 Å². The van der Waals surface area contributed by atoms with Crippen LogP contribution in [0.25, 0.3) is 0 Å². The highest BCUT2D eigenvalue weighted by Gasteiger charge is 2.36. The summed E-state index contributed by atoms with van der Waals surface area (Å²) in [7, 11) is 0. The fraction of sp³-hybridized carbons (Fsp3) is 0.259. The predicted molar refractivity (Wildman–Crippen MR) is 128 cm³/mol. The lowest BCUT2D eigenvalue weighted by Gasteiger charge is -2.41. The highest BCUT2D eigenvalue weighted by Crippen LogP contribution is 2.30. The molecule has 3 aromatic rings. The lowest BCUT2D eigenvalue weighted by atomic mass is 10.00. The summed E-state index contributed by atoms with van der Waals surface area (Å²) >= 11 is 6.03. The van der Waals surface area contributed by atoms with E-state index in [9.17, 15) is 22.8 Å². The maximum atomic E-state index is 13.2. The topological polar surface area (TPSA) is 40.6 Å². The van der Waals surface area contributed by atoms with Crippen molar-refractivity contribution in [2.24, 2.45) is 0 Å². The minimum atomic E-state index is -4.46. The standard InChI is InChI=1S/C27H24ClF3N2O2/c28-23-11-5-9-21(15-23)26(35)32-17-24(13-12-19-6-2-1-3-7-19)33(25(34)18-32)16-20-8-4-10-22(14-20)27(29,30)31/h1-11,14-15,24H,12-13,16-18H2/t24-/m0/s1. The van der Waals surface area contributed by atoms with Gasteiger partial charge < -0.3 is 9.80 Å². The molecule has 35 heavy (non-hydrogen) atoms. The number of hydrogen-bond donors (Lipinski definition) is 0. The molecule has 8 heteroatoms. The maximum Gasteiger partial charge on any atom is 0.416 e. The third kappa shape index (κ3) is 6.22. The molecule has 0 bridgehead atoms. The number of halogens is 4. The molecule has 1 saturated heterocycles. The van der Waals surface area contributed by atoms with Gasteiger partial charge in [0.2, 0.25) is 5.91 Å². The molecule has 1 fully saturated rings. The summed E-state index contributed by atoms with van der Waals surface area (Å²) in [6.07, 6.45) is -3.24. The van der Waals surface area contributed by atoms with E-state index in [1.165, 1.54) is 11.0 Å². The van der Waals surface area contributed by atoms with Crippen molar-refractivity contribution in [1.82, 2.24) is 9.80 Å². The van der Waals surface area contributed by atoms with Crippen molar-refractivity contribution in [2.45, 2.75) is 31.6 Å². The number of rotatable bonds is 6. The summed E-state index contributed by atoms with van der Waals surface area (Å²) in [5, 5.41) is 0.422. The van der Waals surface area contributed by atoms with E-state index in [1.807, 2.05) is 30.3 Å². The van der Waals surface area contributed by atoms with Crippen molar-refractivity contribution in [3.63, 3.8) is 0 Å². The van der Waals surface area contributed by atoms with Crippen LogP contribution in [0.4, 0.5) is 13.2 Å². The van der Waals surface area contributed by atoms with Crippen LogP contribution in [0.15, 0.2) is 78.9 Å². The van der Waals surface area contributed by atoms with Crippen LogP contribution in [-0.4, -0.2) is 40.7 Å². The van der Waals surface area contributed by atoms with E-state index in [2.05, 4.69) is 0 Å². The van der Waals surface area contributed by atoms with Gasteiger partial charge >= 0.3 is 6.18 Å². The van der Waals surface area contributed by atoms with Crippen LogP contribution in [0.3, 0.4) is 0 Å². The number of alkyl halides is 3. The molecular weight excluding hydrogens is 477 g/mol. The van der Waals surface area contributed by atoms with Gasteiger partial charge in [0.15, 0.2) is 0 Å². The molecule has 1 atom stereocenters. The first kappa shape index (κ1) is 24.8. The number of aryl methyl sites for hydroxylation is 1. The summed E-state index contributed by atoms with van der Waals surface area (Å²) in [6.45, 7) is 0.177. The molecule has 0 aliphatic carbocycles. The molecular formula is C27H24ClF3N2O2. The van der Waals surface area contributed by atoms with Gasteiger partial charge in [-0.1, -0.05) is 60.1 Å². The second-order valence-corrected chi connectivity index (χ2v) is 9.03. The Morgan fingerprint density at radius 2 is 1.66 bits per heavy atom. The van der Waals surface area contributed by atoms with E-state index in [1.54, 1.807) is 35.2 Å². The number of benzene rings is 3. The number of piperazine rings is 1. The fourth-order valence-corrected chi connectivity index (χ4v) is 4.51. The molecule has 0 aromatic heterocycles. The molecule has 0 N–H and O–H groups in total. The number of hydrogen-bond acceptors (Lipinski definition) is 2. The zero-order valence-electron chi connectivity index (χ0n) is 18.8. The van der Waals surface area contributed by atoms with Crippen molar-refractivity contribution in [1.29, 1.82) is 0 Å². The molecule has 0 radical (unpaired) electrons. The monoisotopic (exact) mass is 500 g/mol. The van der Waals surface area contributed by atoms with Gasteiger partial charge in [-0.15, -0.1) is 0 Å². The van der Waals surface area contributed by atoms with Gasteiger partial charge in [0, 0.05) is 23.7 Å². The summed E-state index contributed by atoms with van der Waals surface area (Å²) in [6, 6.07) is 20.9. The normalized spacial score (nSPS) is 16.5. The van der Waals surface area contributed by atoms with Crippen LogP contribution < -0.4 is 0 Å². The van der Waals surface area contributed by atoms with E-state index in [0.29, 0.717) is 29.0 Å². The molecule has 0 unspecified atom stereocenters. The SMILES string of the molecule is O=C(c1cccc(Cl)c1)N1CC(=O)N(Cc2cccc(C(F)(F)F)c2)[C@@H](CCc2ccccc2)C1. The maximum absolute atomic E-state index is 13.2. The Morgan fingerprint density at radius 3 is 2.37 bits per heavy atom. The third-order valence-electron chi connectivity index (χ3n) is 6.09. The van der Waals surface area contributed by atoms with Crippen LogP contribution in [0.2, 0.25) is 5.02 Å². The predicted octanol–water partition coefficient (Wildman–Crippen LogP) is 5.84. The number of amides is 2.